The molecule has 0 bridgehead atoms. The third-order valence-electron chi connectivity index (χ3n) is 11.0. The van der Waals surface area contributed by atoms with E-state index in [0.717, 1.165) is 55.9 Å². The van der Waals surface area contributed by atoms with Crippen molar-refractivity contribution in [3.8, 4) is 56.4 Å². The fourth-order valence-corrected chi connectivity index (χ4v) is 8.69. The third-order valence-corrected chi connectivity index (χ3v) is 11.0. The number of para-hydroxylation sites is 2. The predicted octanol–water partition coefficient (Wildman–Crippen LogP) is 12.3. The van der Waals surface area contributed by atoms with Crippen LogP contribution in [-0.4, -0.2) is 9.97 Å². The Kier molecular flexibility index (Phi) is 6.17. The first-order valence-corrected chi connectivity index (χ1v) is 17.7. The number of aromatic nitrogens is 2. The van der Waals surface area contributed by atoms with Gasteiger partial charge >= 0.3 is 0 Å². The third kappa shape index (κ3) is 4.08. The molecule has 2 heterocycles. The average Bonchev–Trinajstić information content (AvgIpc) is 3.51. The summed E-state index contributed by atoms with van der Waals surface area (Å²) in [6.45, 7) is 0. The summed E-state index contributed by atoms with van der Waals surface area (Å²) in [5, 5.41) is 3.42. The molecular formula is C49H30N2O. The van der Waals surface area contributed by atoms with Gasteiger partial charge in [-0.15, -0.1) is 0 Å². The van der Waals surface area contributed by atoms with Gasteiger partial charge in [0, 0.05) is 27.6 Å². The van der Waals surface area contributed by atoms with Crippen molar-refractivity contribution < 1.29 is 4.74 Å². The minimum absolute atomic E-state index is 0.496. The molecule has 3 heteroatoms. The highest BCUT2D eigenvalue weighted by Crippen LogP contribution is 2.62. The lowest BCUT2D eigenvalue weighted by molar-refractivity contribution is 0.436. The topological polar surface area (TPSA) is 35.0 Å². The van der Waals surface area contributed by atoms with Crippen molar-refractivity contribution in [2.24, 2.45) is 0 Å². The van der Waals surface area contributed by atoms with Crippen molar-refractivity contribution in [1.82, 2.24) is 9.97 Å². The van der Waals surface area contributed by atoms with Gasteiger partial charge in [-0.25, -0.2) is 9.97 Å². The summed E-state index contributed by atoms with van der Waals surface area (Å²) >= 11 is 0. The summed E-state index contributed by atoms with van der Waals surface area (Å²) in [4.78, 5) is 10.3. The summed E-state index contributed by atoms with van der Waals surface area (Å²) in [6.07, 6.45) is 0. The van der Waals surface area contributed by atoms with Crippen molar-refractivity contribution in [2.45, 2.75) is 5.41 Å². The van der Waals surface area contributed by atoms with E-state index < -0.39 is 5.41 Å². The van der Waals surface area contributed by atoms with Gasteiger partial charge in [-0.2, -0.15) is 0 Å². The van der Waals surface area contributed by atoms with Crippen molar-refractivity contribution in [3.63, 3.8) is 0 Å². The van der Waals surface area contributed by atoms with Gasteiger partial charge in [0.1, 0.15) is 11.5 Å². The standard InChI is InChI=1S/C49H30N2O/c1-2-14-35-32(12-1)13-11-18-38(35)47-39-17-5-9-22-44(39)50-48(51-47)33-26-24-31(25-27-33)34-28-29-46-43(30-34)49(42-21-8-10-23-45(42)52-46)40-19-6-3-15-36(40)37-16-4-7-20-41(37)49/h1-30H. The maximum absolute atomic E-state index is 6.66. The number of ether oxygens (including phenoxy) is 1. The van der Waals surface area contributed by atoms with Crippen LogP contribution in [0.2, 0.25) is 0 Å². The second kappa shape index (κ2) is 11.1. The van der Waals surface area contributed by atoms with E-state index in [4.69, 9.17) is 14.7 Å². The second-order valence-corrected chi connectivity index (χ2v) is 13.7. The number of rotatable bonds is 3. The van der Waals surface area contributed by atoms with E-state index >= 15 is 0 Å². The largest absolute Gasteiger partial charge is 0.457 e. The smallest absolute Gasteiger partial charge is 0.160 e. The quantitative estimate of drug-likeness (QED) is 0.189. The Morgan fingerprint density at radius 1 is 0.385 bits per heavy atom. The Morgan fingerprint density at radius 2 is 0.962 bits per heavy atom. The first kappa shape index (κ1) is 28.9. The van der Waals surface area contributed by atoms with Crippen molar-refractivity contribution in [1.29, 1.82) is 0 Å². The molecule has 1 spiro atoms. The molecule has 1 aliphatic carbocycles. The van der Waals surface area contributed by atoms with Crippen molar-refractivity contribution in [2.75, 3.05) is 0 Å². The number of fused-ring (bicyclic) bond motifs is 11. The van der Waals surface area contributed by atoms with Gasteiger partial charge in [0.15, 0.2) is 5.82 Å². The van der Waals surface area contributed by atoms with E-state index in [2.05, 4.69) is 176 Å². The minimum Gasteiger partial charge on any atom is -0.457 e. The van der Waals surface area contributed by atoms with Gasteiger partial charge in [-0.05, 0) is 68.4 Å². The first-order valence-electron chi connectivity index (χ1n) is 17.7. The van der Waals surface area contributed by atoms with Crippen LogP contribution in [0.4, 0.5) is 0 Å². The van der Waals surface area contributed by atoms with E-state index in [-0.39, 0.29) is 0 Å². The zero-order valence-corrected chi connectivity index (χ0v) is 28.1. The molecule has 0 atom stereocenters. The zero-order valence-electron chi connectivity index (χ0n) is 28.1. The molecule has 11 rings (SSSR count). The average molecular weight is 663 g/mol. The zero-order chi connectivity index (χ0) is 34.2. The van der Waals surface area contributed by atoms with Gasteiger partial charge in [0.05, 0.1) is 16.6 Å². The van der Waals surface area contributed by atoms with E-state index in [1.165, 1.54) is 38.6 Å². The van der Waals surface area contributed by atoms with Crippen LogP contribution in [0.1, 0.15) is 22.3 Å². The maximum atomic E-state index is 6.66. The first-order chi connectivity index (χ1) is 25.8. The molecular weight excluding hydrogens is 633 g/mol. The summed E-state index contributed by atoms with van der Waals surface area (Å²) < 4.78 is 6.66. The molecule has 0 N–H and O–H groups in total. The van der Waals surface area contributed by atoms with Crippen LogP contribution in [0.3, 0.4) is 0 Å². The Bertz CT molecular complexity index is 2840. The highest BCUT2D eigenvalue weighted by atomic mass is 16.5. The maximum Gasteiger partial charge on any atom is 0.160 e. The molecule has 3 nitrogen and oxygen atoms in total. The van der Waals surface area contributed by atoms with Gasteiger partial charge in [0.25, 0.3) is 0 Å². The summed E-state index contributed by atoms with van der Waals surface area (Å²) in [6, 6.07) is 64.7. The monoisotopic (exact) mass is 662 g/mol. The van der Waals surface area contributed by atoms with Gasteiger partial charge in [-0.1, -0.05) is 158 Å². The van der Waals surface area contributed by atoms with Gasteiger partial charge in [0.2, 0.25) is 0 Å². The SMILES string of the molecule is c1ccc2c(c1)Oc1ccc(-c3ccc(-c4nc(-c5cccc6ccccc56)c5ccccc5n4)cc3)cc1C21c2ccccc2-c2ccccc21. The summed E-state index contributed by atoms with van der Waals surface area (Å²) in [5.41, 5.74) is 13.2. The van der Waals surface area contributed by atoms with E-state index in [1.807, 2.05) is 6.07 Å². The van der Waals surface area contributed by atoms with E-state index in [9.17, 15) is 0 Å². The lowest BCUT2D eigenvalue weighted by Gasteiger charge is -2.39. The number of nitrogens with zero attached hydrogens (tertiary/aromatic N) is 2. The van der Waals surface area contributed by atoms with Crippen molar-refractivity contribution in [3.05, 3.63) is 204 Å². The van der Waals surface area contributed by atoms with E-state index in [0.29, 0.717) is 5.82 Å². The van der Waals surface area contributed by atoms with E-state index in [1.54, 1.807) is 0 Å². The lowest BCUT2D eigenvalue weighted by Crippen LogP contribution is -2.32. The Morgan fingerprint density at radius 3 is 1.77 bits per heavy atom. The molecule has 9 aromatic rings. The number of hydrogen-bond donors (Lipinski definition) is 0. The summed E-state index contributed by atoms with van der Waals surface area (Å²) in [5.74, 6) is 2.50. The van der Waals surface area contributed by atoms with Crippen LogP contribution >= 0.6 is 0 Å². The van der Waals surface area contributed by atoms with Crippen LogP contribution in [0.5, 0.6) is 11.5 Å². The molecule has 1 aliphatic heterocycles. The summed E-state index contributed by atoms with van der Waals surface area (Å²) in [7, 11) is 0. The molecule has 52 heavy (non-hydrogen) atoms. The fraction of sp³-hybridized carbons (Fsp3) is 0.0204. The highest BCUT2D eigenvalue weighted by molar-refractivity contribution is 6.03. The van der Waals surface area contributed by atoms with Crippen LogP contribution in [0.25, 0.3) is 66.6 Å². The van der Waals surface area contributed by atoms with Crippen molar-refractivity contribution >= 4 is 21.7 Å². The predicted molar refractivity (Wildman–Crippen MR) is 211 cm³/mol. The van der Waals surface area contributed by atoms with Crippen LogP contribution in [0, 0.1) is 0 Å². The number of benzene rings is 8. The molecule has 242 valence electrons. The minimum atomic E-state index is -0.496. The molecule has 0 unspecified atom stereocenters. The Labute approximate surface area is 301 Å². The molecule has 0 radical (unpaired) electrons. The highest BCUT2D eigenvalue weighted by Gasteiger charge is 2.50. The molecule has 0 saturated carbocycles. The van der Waals surface area contributed by atoms with Crippen LogP contribution in [-0.2, 0) is 5.41 Å². The second-order valence-electron chi connectivity index (χ2n) is 13.7. The normalized spacial score (nSPS) is 13.3. The molecule has 8 aromatic carbocycles. The Balaban J connectivity index is 1.05. The van der Waals surface area contributed by atoms with Gasteiger partial charge in [-0.3, -0.25) is 0 Å². The van der Waals surface area contributed by atoms with Crippen LogP contribution in [0.15, 0.2) is 182 Å². The molecule has 2 aliphatic rings. The lowest BCUT2D eigenvalue weighted by atomic mass is 9.66. The van der Waals surface area contributed by atoms with Crippen LogP contribution < -0.4 is 4.74 Å². The number of hydrogen-bond acceptors (Lipinski definition) is 3. The fourth-order valence-electron chi connectivity index (χ4n) is 8.69. The molecule has 1 aromatic heterocycles. The molecule has 0 saturated heterocycles. The molecule has 0 fully saturated rings. The van der Waals surface area contributed by atoms with Gasteiger partial charge < -0.3 is 4.74 Å². The molecule has 0 amide bonds. The Hall–Kier alpha value is -6.84.